The maximum atomic E-state index is 13.1. The summed E-state index contributed by atoms with van der Waals surface area (Å²) in [6.45, 7) is 2.82. The van der Waals surface area contributed by atoms with Gasteiger partial charge in [-0.1, -0.05) is 13.0 Å². The Bertz CT molecular complexity index is 1510. The van der Waals surface area contributed by atoms with Gasteiger partial charge in [-0.15, -0.1) is 11.3 Å². The SMILES string of the molecule is COc1cc(-c2nc3sc4c(c3c(=O)[nH]2)CCC(C)C4)cc(Br)c1OCc1ccc2c(c1)OCO2. The van der Waals surface area contributed by atoms with Crippen molar-refractivity contribution in [2.45, 2.75) is 32.8 Å². The quantitative estimate of drug-likeness (QED) is 0.333. The average Bonchev–Trinajstić information content (AvgIpc) is 3.46. The molecule has 3 heterocycles. The highest BCUT2D eigenvalue weighted by atomic mass is 79.9. The first-order chi connectivity index (χ1) is 17.0. The lowest BCUT2D eigenvalue weighted by Crippen LogP contribution is -2.13. The average molecular weight is 555 g/mol. The first kappa shape index (κ1) is 22.4. The second kappa shape index (κ2) is 8.87. The van der Waals surface area contributed by atoms with Crippen molar-refractivity contribution in [2.75, 3.05) is 13.9 Å². The topological polar surface area (TPSA) is 82.7 Å². The zero-order chi connectivity index (χ0) is 24.1. The fourth-order valence-corrected chi connectivity index (χ4v) is 6.61. The van der Waals surface area contributed by atoms with Gasteiger partial charge in [0.2, 0.25) is 6.79 Å². The summed E-state index contributed by atoms with van der Waals surface area (Å²) in [6.07, 6.45) is 3.06. The molecule has 35 heavy (non-hydrogen) atoms. The Balaban J connectivity index is 1.32. The maximum absolute atomic E-state index is 13.1. The smallest absolute Gasteiger partial charge is 0.260 e. The zero-order valence-electron chi connectivity index (χ0n) is 19.3. The van der Waals surface area contributed by atoms with Crippen LogP contribution in [0.3, 0.4) is 0 Å². The third kappa shape index (κ3) is 4.06. The molecule has 0 saturated carbocycles. The number of nitrogens with one attached hydrogen (secondary N) is 1. The Kier molecular flexibility index (Phi) is 5.69. The Labute approximate surface area is 214 Å². The minimum atomic E-state index is -0.0877. The number of benzene rings is 2. The van der Waals surface area contributed by atoms with Crippen LogP contribution in [-0.4, -0.2) is 23.9 Å². The van der Waals surface area contributed by atoms with E-state index in [1.165, 1.54) is 10.4 Å². The summed E-state index contributed by atoms with van der Waals surface area (Å²) in [4.78, 5) is 23.0. The molecule has 1 aliphatic carbocycles. The lowest BCUT2D eigenvalue weighted by Gasteiger charge is -2.17. The highest BCUT2D eigenvalue weighted by molar-refractivity contribution is 9.10. The molecule has 180 valence electrons. The molecule has 4 aromatic rings. The van der Waals surface area contributed by atoms with E-state index in [0.29, 0.717) is 40.1 Å². The third-order valence-corrected chi connectivity index (χ3v) is 8.23. The second-order valence-electron chi connectivity index (χ2n) is 8.91. The van der Waals surface area contributed by atoms with Crippen LogP contribution in [0.4, 0.5) is 0 Å². The fraction of sp³-hybridized carbons (Fsp3) is 0.308. The number of aromatic nitrogens is 2. The van der Waals surface area contributed by atoms with Gasteiger partial charge in [-0.2, -0.15) is 0 Å². The molecule has 0 saturated heterocycles. The van der Waals surface area contributed by atoms with Crippen LogP contribution in [0.1, 0.15) is 29.3 Å². The van der Waals surface area contributed by atoms with Crippen molar-refractivity contribution in [3.05, 3.63) is 61.2 Å². The van der Waals surface area contributed by atoms with Crippen LogP contribution < -0.4 is 24.5 Å². The number of methoxy groups -OCH3 is 1. The number of fused-ring (bicyclic) bond motifs is 4. The monoisotopic (exact) mass is 554 g/mol. The van der Waals surface area contributed by atoms with E-state index in [-0.39, 0.29) is 12.4 Å². The lowest BCUT2D eigenvalue weighted by molar-refractivity contribution is 0.174. The fourth-order valence-electron chi connectivity index (χ4n) is 4.67. The highest BCUT2D eigenvalue weighted by Gasteiger charge is 2.24. The van der Waals surface area contributed by atoms with E-state index >= 15 is 0 Å². The molecule has 7 nitrogen and oxygen atoms in total. The molecule has 1 unspecified atom stereocenters. The summed E-state index contributed by atoms with van der Waals surface area (Å²) in [5.74, 6) is 3.70. The Morgan fingerprint density at radius 2 is 2.09 bits per heavy atom. The molecule has 2 aliphatic rings. The predicted molar refractivity (Wildman–Crippen MR) is 138 cm³/mol. The largest absolute Gasteiger partial charge is 0.493 e. The van der Waals surface area contributed by atoms with Crippen molar-refractivity contribution in [1.82, 2.24) is 9.97 Å². The van der Waals surface area contributed by atoms with Crippen molar-refractivity contribution in [1.29, 1.82) is 0 Å². The Hall–Kier alpha value is -3.04. The van der Waals surface area contributed by atoms with Gasteiger partial charge < -0.3 is 23.9 Å². The van der Waals surface area contributed by atoms with Crippen LogP contribution in [0.25, 0.3) is 21.6 Å². The van der Waals surface area contributed by atoms with Crippen LogP contribution in [0.5, 0.6) is 23.0 Å². The Morgan fingerprint density at radius 1 is 1.23 bits per heavy atom. The summed E-state index contributed by atoms with van der Waals surface area (Å²) >= 11 is 5.25. The number of aromatic amines is 1. The van der Waals surface area contributed by atoms with Gasteiger partial charge in [0, 0.05) is 10.4 Å². The van der Waals surface area contributed by atoms with Gasteiger partial charge in [-0.25, -0.2) is 4.98 Å². The van der Waals surface area contributed by atoms with Crippen molar-refractivity contribution in [2.24, 2.45) is 5.92 Å². The summed E-state index contributed by atoms with van der Waals surface area (Å²) in [5.41, 5.74) is 2.77. The number of aryl methyl sites for hydroxylation is 1. The summed E-state index contributed by atoms with van der Waals surface area (Å²) in [6, 6.07) is 9.43. The molecule has 6 rings (SSSR count). The maximum Gasteiger partial charge on any atom is 0.260 e. The molecule has 2 aromatic heterocycles. The molecular weight excluding hydrogens is 532 g/mol. The minimum Gasteiger partial charge on any atom is -0.493 e. The van der Waals surface area contributed by atoms with E-state index in [4.69, 9.17) is 23.9 Å². The third-order valence-electron chi connectivity index (χ3n) is 6.49. The van der Waals surface area contributed by atoms with Gasteiger partial charge in [0.1, 0.15) is 17.3 Å². The predicted octanol–water partition coefficient (Wildman–Crippen LogP) is 5.86. The van der Waals surface area contributed by atoms with E-state index in [2.05, 4.69) is 27.8 Å². The number of rotatable bonds is 5. The van der Waals surface area contributed by atoms with Gasteiger partial charge in [-0.3, -0.25) is 4.79 Å². The van der Waals surface area contributed by atoms with Crippen molar-refractivity contribution < 1.29 is 18.9 Å². The van der Waals surface area contributed by atoms with Crippen LogP contribution in [0, 0.1) is 5.92 Å². The standard InChI is InChI=1S/C26H23BrN2O5S/c1-13-3-5-16-21(7-13)35-26-22(16)25(30)28-24(29-26)15-9-17(27)23(20(10-15)31-2)32-11-14-4-6-18-19(8-14)34-12-33-18/h4,6,8-10,13H,3,5,7,11-12H2,1-2H3,(H,28,29,30). The van der Waals surface area contributed by atoms with Gasteiger partial charge in [0.15, 0.2) is 23.0 Å². The van der Waals surface area contributed by atoms with E-state index in [0.717, 1.165) is 46.4 Å². The van der Waals surface area contributed by atoms with E-state index in [1.54, 1.807) is 18.4 Å². The number of hydrogen-bond acceptors (Lipinski definition) is 7. The molecule has 0 amide bonds. The minimum absolute atomic E-state index is 0.0877. The van der Waals surface area contributed by atoms with Gasteiger partial charge in [-0.05, 0) is 76.5 Å². The number of hydrogen-bond donors (Lipinski definition) is 1. The van der Waals surface area contributed by atoms with E-state index in [1.807, 2.05) is 30.3 Å². The van der Waals surface area contributed by atoms with Crippen LogP contribution in [0.15, 0.2) is 39.6 Å². The molecule has 1 N–H and O–H groups in total. The van der Waals surface area contributed by atoms with Gasteiger partial charge in [0.05, 0.1) is 17.0 Å². The molecule has 0 spiro atoms. The number of halogens is 1. The molecule has 9 heteroatoms. The van der Waals surface area contributed by atoms with Crippen molar-refractivity contribution in [3.63, 3.8) is 0 Å². The molecule has 0 fully saturated rings. The van der Waals surface area contributed by atoms with Crippen molar-refractivity contribution >= 4 is 37.5 Å². The molecule has 2 aromatic carbocycles. The van der Waals surface area contributed by atoms with Crippen LogP contribution in [0.2, 0.25) is 0 Å². The van der Waals surface area contributed by atoms with Crippen molar-refractivity contribution in [3.8, 4) is 34.4 Å². The number of nitrogens with zero attached hydrogens (tertiary/aromatic N) is 1. The number of H-pyrrole nitrogens is 1. The normalized spacial score (nSPS) is 16.4. The number of thiophene rings is 1. The molecule has 0 bridgehead atoms. The van der Waals surface area contributed by atoms with Crippen LogP contribution >= 0.6 is 27.3 Å². The molecule has 1 atom stereocenters. The summed E-state index contributed by atoms with van der Waals surface area (Å²) in [5, 5.41) is 0.746. The van der Waals surface area contributed by atoms with Gasteiger partial charge in [0.25, 0.3) is 5.56 Å². The lowest BCUT2D eigenvalue weighted by atomic mass is 9.89. The Morgan fingerprint density at radius 3 is 2.94 bits per heavy atom. The first-order valence-corrected chi connectivity index (χ1v) is 13.0. The van der Waals surface area contributed by atoms with E-state index in [9.17, 15) is 4.79 Å². The molecule has 1 aliphatic heterocycles. The second-order valence-corrected chi connectivity index (χ2v) is 10.9. The summed E-state index contributed by atoms with van der Waals surface area (Å²) < 4.78 is 23.2. The summed E-state index contributed by atoms with van der Waals surface area (Å²) in [7, 11) is 1.59. The first-order valence-electron chi connectivity index (χ1n) is 11.4. The van der Waals surface area contributed by atoms with Gasteiger partial charge >= 0.3 is 0 Å². The zero-order valence-corrected chi connectivity index (χ0v) is 21.7. The molecular formula is C26H23BrN2O5S. The van der Waals surface area contributed by atoms with Crippen LogP contribution in [-0.2, 0) is 19.4 Å². The highest BCUT2D eigenvalue weighted by Crippen LogP contribution is 2.41. The number of ether oxygens (including phenoxy) is 4. The molecule has 0 radical (unpaired) electrons. The van der Waals surface area contributed by atoms with E-state index < -0.39 is 0 Å².